The molecule has 1 aliphatic rings. The van der Waals surface area contributed by atoms with E-state index in [1.54, 1.807) is 6.20 Å². The molecule has 36 heavy (non-hydrogen) atoms. The van der Waals surface area contributed by atoms with Crippen molar-refractivity contribution in [2.45, 2.75) is 71.1 Å². The molecule has 0 fully saturated rings. The quantitative estimate of drug-likeness (QED) is 0.241. The van der Waals surface area contributed by atoms with Gasteiger partial charge in [-0.3, -0.25) is 4.57 Å². The maximum absolute atomic E-state index is 6.22. The molecule has 188 valence electrons. The number of hydrogen-bond donors (Lipinski definition) is 0. The lowest BCUT2D eigenvalue weighted by atomic mass is 9.63. The van der Waals surface area contributed by atoms with Crippen molar-refractivity contribution in [1.82, 2.24) is 14.5 Å². The first-order valence-electron chi connectivity index (χ1n) is 12.7. The molecule has 2 aromatic heterocycles. The first-order valence-corrected chi connectivity index (χ1v) is 13.1. The predicted molar refractivity (Wildman–Crippen MR) is 144 cm³/mol. The second-order valence-electron chi connectivity index (χ2n) is 11.0. The molecule has 0 radical (unpaired) electrons. The van der Waals surface area contributed by atoms with E-state index in [1.165, 1.54) is 24.0 Å². The summed E-state index contributed by atoms with van der Waals surface area (Å²) in [5, 5.41) is 0.694. The molecular weight excluding hydrogens is 470 g/mol. The highest BCUT2D eigenvalue weighted by Gasteiger charge is 2.37. The lowest BCUT2D eigenvalue weighted by molar-refractivity contribution is 0.299. The zero-order valence-electron chi connectivity index (χ0n) is 21.8. The Hall–Kier alpha value is -3.05. The van der Waals surface area contributed by atoms with E-state index in [9.17, 15) is 0 Å². The third-order valence-corrected chi connectivity index (χ3v) is 7.73. The second-order valence-corrected chi connectivity index (χ2v) is 11.5. The number of ether oxygens (including phenoxy) is 1. The SMILES string of the molecule is Cc1nccn1-c1nc(-c2ccc(Cl)cc2)c(CCCOc2ccc3c(c2)C(C)(C)CCC3(C)C)o1. The van der Waals surface area contributed by atoms with Crippen molar-refractivity contribution in [3.63, 3.8) is 0 Å². The molecule has 0 bridgehead atoms. The van der Waals surface area contributed by atoms with E-state index >= 15 is 0 Å². The fourth-order valence-electron chi connectivity index (χ4n) is 5.11. The molecule has 0 unspecified atom stereocenters. The molecule has 0 saturated carbocycles. The van der Waals surface area contributed by atoms with Crippen LogP contribution in [0.1, 0.15) is 69.7 Å². The summed E-state index contributed by atoms with van der Waals surface area (Å²) in [6, 6.07) is 14.9. The molecule has 0 aliphatic heterocycles. The van der Waals surface area contributed by atoms with Crippen LogP contribution in [0.5, 0.6) is 5.75 Å². The average molecular weight is 504 g/mol. The Kier molecular flexibility index (Phi) is 6.46. The fraction of sp³-hybridized carbons (Fsp3) is 0.400. The van der Waals surface area contributed by atoms with Crippen molar-refractivity contribution in [3.05, 3.63) is 82.6 Å². The third-order valence-electron chi connectivity index (χ3n) is 7.48. The Morgan fingerprint density at radius 2 is 1.72 bits per heavy atom. The van der Waals surface area contributed by atoms with Gasteiger partial charge in [0.2, 0.25) is 0 Å². The molecule has 0 atom stereocenters. The van der Waals surface area contributed by atoms with Crippen molar-refractivity contribution >= 4 is 11.6 Å². The lowest BCUT2D eigenvalue weighted by Crippen LogP contribution is -2.33. The van der Waals surface area contributed by atoms with E-state index in [-0.39, 0.29) is 10.8 Å². The Balaban J connectivity index is 1.32. The first-order chi connectivity index (χ1) is 17.1. The van der Waals surface area contributed by atoms with Gasteiger partial charge in [0.15, 0.2) is 0 Å². The van der Waals surface area contributed by atoms with Crippen molar-refractivity contribution in [2.24, 2.45) is 0 Å². The number of oxazole rings is 1. The van der Waals surface area contributed by atoms with E-state index in [0.29, 0.717) is 24.1 Å². The number of rotatable bonds is 7. The van der Waals surface area contributed by atoms with Crippen LogP contribution >= 0.6 is 11.6 Å². The van der Waals surface area contributed by atoms with Gasteiger partial charge in [0.1, 0.15) is 23.0 Å². The second kappa shape index (κ2) is 9.44. The van der Waals surface area contributed by atoms with Crippen molar-refractivity contribution in [1.29, 1.82) is 0 Å². The van der Waals surface area contributed by atoms with Crippen LogP contribution < -0.4 is 4.74 Å². The van der Waals surface area contributed by atoms with Crippen molar-refractivity contribution < 1.29 is 9.15 Å². The van der Waals surface area contributed by atoms with Gasteiger partial charge in [-0.1, -0.05) is 57.5 Å². The van der Waals surface area contributed by atoms with Crippen LogP contribution in [0, 0.1) is 6.92 Å². The largest absolute Gasteiger partial charge is 0.494 e. The third kappa shape index (κ3) is 4.81. The number of imidazole rings is 1. The molecule has 5 nitrogen and oxygen atoms in total. The van der Waals surface area contributed by atoms with E-state index in [1.807, 2.05) is 42.0 Å². The van der Waals surface area contributed by atoms with Gasteiger partial charge in [-0.15, -0.1) is 0 Å². The molecule has 0 spiro atoms. The fourth-order valence-corrected chi connectivity index (χ4v) is 5.23. The predicted octanol–water partition coefficient (Wildman–Crippen LogP) is 7.85. The summed E-state index contributed by atoms with van der Waals surface area (Å²) >= 11 is 6.11. The van der Waals surface area contributed by atoms with Gasteiger partial charge >= 0.3 is 6.01 Å². The minimum Gasteiger partial charge on any atom is -0.494 e. The summed E-state index contributed by atoms with van der Waals surface area (Å²) in [6.45, 7) is 11.9. The van der Waals surface area contributed by atoms with Crippen LogP contribution in [-0.4, -0.2) is 21.1 Å². The Morgan fingerprint density at radius 3 is 2.42 bits per heavy atom. The van der Waals surface area contributed by atoms with Gasteiger partial charge in [-0.25, -0.2) is 4.98 Å². The molecule has 2 heterocycles. The molecule has 0 N–H and O–H groups in total. The molecule has 6 heteroatoms. The first kappa shape index (κ1) is 24.6. The summed E-state index contributed by atoms with van der Waals surface area (Å²) in [5.74, 6) is 2.59. The normalized spacial score (nSPS) is 16.1. The van der Waals surface area contributed by atoms with Crippen LogP contribution in [0.25, 0.3) is 17.3 Å². The van der Waals surface area contributed by atoms with Crippen molar-refractivity contribution in [2.75, 3.05) is 6.61 Å². The lowest BCUT2D eigenvalue weighted by Gasteiger charge is -2.41. The van der Waals surface area contributed by atoms with Gasteiger partial charge < -0.3 is 9.15 Å². The van der Waals surface area contributed by atoms with Crippen LogP contribution in [0.4, 0.5) is 0 Å². The zero-order valence-corrected chi connectivity index (χ0v) is 22.5. The van der Waals surface area contributed by atoms with Gasteiger partial charge in [-0.05, 0) is 72.4 Å². The van der Waals surface area contributed by atoms with E-state index in [4.69, 9.17) is 25.7 Å². The highest BCUT2D eigenvalue weighted by atomic mass is 35.5. The molecular formula is C30H34ClN3O2. The minimum atomic E-state index is 0.166. The summed E-state index contributed by atoms with van der Waals surface area (Å²) < 4.78 is 14.3. The van der Waals surface area contributed by atoms with E-state index in [2.05, 4.69) is 50.9 Å². The Labute approximate surface area is 218 Å². The van der Waals surface area contributed by atoms with Crippen LogP contribution in [-0.2, 0) is 17.3 Å². The van der Waals surface area contributed by atoms with Gasteiger partial charge in [0, 0.05) is 29.4 Å². The molecule has 2 aromatic carbocycles. The highest BCUT2D eigenvalue weighted by molar-refractivity contribution is 6.30. The minimum absolute atomic E-state index is 0.166. The average Bonchev–Trinajstić information content (AvgIpc) is 3.46. The summed E-state index contributed by atoms with van der Waals surface area (Å²) in [7, 11) is 0. The van der Waals surface area contributed by atoms with E-state index in [0.717, 1.165) is 35.0 Å². The summed E-state index contributed by atoms with van der Waals surface area (Å²) in [5.41, 5.74) is 5.04. The molecule has 5 rings (SSSR count). The highest BCUT2D eigenvalue weighted by Crippen LogP contribution is 2.46. The monoisotopic (exact) mass is 503 g/mol. The molecule has 0 amide bonds. The standard InChI is InChI=1S/C30H34ClN3O2/c1-20-32-16-17-34(20)28-33-27(21-8-10-22(31)11-9-21)26(36-28)7-6-18-35-23-12-13-24-25(19-23)30(4,5)15-14-29(24,2)3/h8-13,16-17,19H,6-7,14-15,18H2,1-5H3. The topological polar surface area (TPSA) is 53.1 Å². The van der Waals surface area contributed by atoms with E-state index < -0.39 is 0 Å². The molecule has 1 aliphatic carbocycles. The number of aromatic nitrogens is 3. The van der Waals surface area contributed by atoms with Crippen LogP contribution in [0.3, 0.4) is 0 Å². The maximum Gasteiger partial charge on any atom is 0.307 e. The number of halogens is 1. The summed E-state index contributed by atoms with van der Waals surface area (Å²) in [4.78, 5) is 9.10. The number of fused-ring (bicyclic) bond motifs is 1. The zero-order chi connectivity index (χ0) is 25.5. The molecule has 0 saturated heterocycles. The summed E-state index contributed by atoms with van der Waals surface area (Å²) in [6.07, 6.45) is 7.52. The maximum atomic E-state index is 6.22. The number of aryl methyl sites for hydroxylation is 2. The molecule has 4 aromatic rings. The van der Waals surface area contributed by atoms with Gasteiger partial charge in [0.25, 0.3) is 0 Å². The smallest absolute Gasteiger partial charge is 0.307 e. The van der Waals surface area contributed by atoms with Crippen molar-refractivity contribution in [3.8, 4) is 23.0 Å². The Bertz CT molecular complexity index is 1370. The number of hydrogen-bond acceptors (Lipinski definition) is 4. The van der Waals surface area contributed by atoms with Gasteiger partial charge in [-0.2, -0.15) is 4.98 Å². The van der Waals surface area contributed by atoms with Crippen LogP contribution in [0.15, 0.2) is 59.3 Å². The number of benzene rings is 2. The van der Waals surface area contributed by atoms with Gasteiger partial charge in [0.05, 0.1) is 6.61 Å². The van der Waals surface area contributed by atoms with Crippen LogP contribution in [0.2, 0.25) is 5.02 Å². The number of nitrogens with zero attached hydrogens (tertiary/aromatic N) is 3. The Morgan fingerprint density at radius 1 is 1.00 bits per heavy atom.